The number of aliphatic carboxylic acids is 1. The summed E-state index contributed by atoms with van der Waals surface area (Å²) in [4.78, 5) is 29.5. The number of carbonyl (C=O) groups is 2. The van der Waals surface area contributed by atoms with Gasteiger partial charge in [0.05, 0.1) is 11.0 Å². The van der Waals surface area contributed by atoms with Gasteiger partial charge in [-0.3, -0.25) is 4.79 Å². The summed E-state index contributed by atoms with van der Waals surface area (Å²) in [5.41, 5.74) is 1.93. The lowest BCUT2D eigenvalue weighted by Gasteiger charge is -2.00. The fraction of sp³-hybridized carbons (Fsp3) is 0.167. The van der Waals surface area contributed by atoms with Gasteiger partial charge in [0, 0.05) is 25.1 Å². The number of aromatic nitrogens is 2. The van der Waals surface area contributed by atoms with E-state index in [1.165, 1.54) is 0 Å². The molecule has 3 aromatic rings. The number of aromatic amines is 1. The number of nitrogens with zero attached hydrogens (tertiary/aromatic N) is 1. The highest BCUT2D eigenvalue weighted by atomic mass is 16.4. The van der Waals surface area contributed by atoms with Crippen molar-refractivity contribution >= 4 is 33.7 Å². The van der Waals surface area contributed by atoms with Crippen LogP contribution in [-0.4, -0.2) is 33.5 Å². The van der Waals surface area contributed by atoms with Crippen LogP contribution in [0.2, 0.25) is 0 Å². The molecule has 0 saturated heterocycles. The van der Waals surface area contributed by atoms with Crippen LogP contribution in [0, 0.1) is 0 Å². The number of fused-ring (bicyclic) bond motifs is 2. The van der Waals surface area contributed by atoms with Crippen LogP contribution < -0.4 is 5.32 Å². The van der Waals surface area contributed by atoms with Crippen LogP contribution in [0.1, 0.15) is 12.2 Å². The van der Waals surface area contributed by atoms with Gasteiger partial charge >= 0.3 is 5.97 Å². The molecule has 0 aliphatic heterocycles. The van der Waals surface area contributed by atoms with Crippen LogP contribution in [0.3, 0.4) is 0 Å². The molecule has 3 N–H and O–H groups in total. The molecule has 3 rings (SSSR count). The van der Waals surface area contributed by atoms with Crippen molar-refractivity contribution in [3.63, 3.8) is 0 Å². The van der Waals surface area contributed by atoms with Crippen molar-refractivity contribution in [2.45, 2.75) is 12.8 Å². The summed E-state index contributed by atoms with van der Waals surface area (Å²) >= 11 is 0. The molecule has 6 heteroatoms. The molecule has 0 bridgehead atoms. The molecule has 1 heterocycles. The van der Waals surface area contributed by atoms with E-state index in [2.05, 4.69) is 39.6 Å². The molecule has 0 saturated carbocycles. The molecule has 122 valence electrons. The van der Waals surface area contributed by atoms with Crippen LogP contribution in [-0.2, 0) is 16.0 Å². The molecule has 0 aliphatic carbocycles. The number of H-pyrrole nitrogens is 1. The normalized spacial score (nSPS) is 11.3. The SMILES string of the molecule is O=C(O)C=CC(=O)NCCCc1nc2cc3ccccc3cc2[nH]1. The van der Waals surface area contributed by atoms with E-state index in [9.17, 15) is 9.59 Å². The molecule has 0 fully saturated rings. The zero-order valence-electron chi connectivity index (χ0n) is 13.0. The number of rotatable bonds is 6. The second-order valence-electron chi connectivity index (χ2n) is 5.47. The van der Waals surface area contributed by atoms with Crippen molar-refractivity contribution in [2.75, 3.05) is 6.54 Å². The van der Waals surface area contributed by atoms with Crippen LogP contribution in [0.5, 0.6) is 0 Å². The van der Waals surface area contributed by atoms with E-state index >= 15 is 0 Å². The topological polar surface area (TPSA) is 95.1 Å². The number of hydrogen-bond donors (Lipinski definition) is 3. The summed E-state index contributed by atoms with van der Waals surface area (Å²) in [6.07, 6.45) is 3.24. The third-order valence-corrected chi connectivity index (χ3v) is 3.67. The molecule has 0 unspecified atom stereocenters. The van der Waals surface area contributed by atoms with Gasteiger partial charge in [0.1, 0.15) is 5.82 Å². The number of amides is 1. The maximum atomic E-state index is 11.3. The Morgan fingerprint density at radius 1 is 1.17 bits per heavy atom. The van der Waals surface area contributed by atoms with Gasteiger partial charge in [-0.05, 0) is 29.3 Å². The Kier molecular flexibility index (Phi) is 4.56. The summed E-state index contributed by atoms with van der Waals surface area (Å²) in [6.45, 7) is 0.460. The van der Waals surface area contributed by atoms with Crippen LogP contribution in [0.25, 0.3) is 21.8 Å². The van der Waals surface area contributed by atoms with E-state index in [0.29, 0.717) is 19.4 Å². The number of hydrogen-bond acceptors (Lipinski definition) is 3. The van der Waals surface area contributed by atoms with Gasteiger partial charge < -0.3 is 15.4 Å². The number of aryl methyl sites for hydroxylation is 1. The summed E-state index contributed by atoms with van der Waals surface area (Å²) in [5, 5.41) is 13.4. The largest absolute Gasteiger partial charge is 0.478 e. The summed E-state index contributed by atoms with van der Waals surface area (Å²) in [5.74, 6) is -0.677. The van der Waals surface area contributed by atoms with Gasteiger partial charge in [-0.15, -0.1) is 0 Å². The van der Waals surface area contributed by atoms with Gasteiger partial charge in [-0.25, -0.2) is 9.78 Å². The minimum Gasteiger partial charge on any atom is -0.478 e. The monoisotopic (exact) mass is 323 g/mol. The maximum absolute atomic E-state index is 11.3. The zero-order valence-corrected chi connectivity index (χ0v) is 13.0. The van der Waals surface area contributed by atoms with Crippen LogP contribution >= 0.6 is 0 Å². The van der Waals surface area contributed by atoms with E-state index in [0.717, 1.165) is 39.8 Å². The average molecular weight is 323 g/mol. The van der Waals surface area contributed by atoms with E-state index in [-0.39, 0.29) is 0 Å². The number of benzene rings is 2. The Labute approximate surface area is 138 Å². The van der Waals surface area contributed by atoms with E-state index in [1.54, 1.807) is 0 Å². The second kappa shape index (κ2) is 6.95. The van der Waals surface area contributed by atoms with Crippen molar-refractivity contribution in [2.24, 2.45) is 0 Å². The van der Waals surface area contributed by atoms with Crippen molar-refractivity contribution < 1.29 is 14.7 Å². The van der Waals surface area contributed by atoms with E-state index in [1.807, 2.05) is 12.1 Å². The Hall–Kier alpha value is -3.15. The van der Waals surface area contributed by atoms with Crippen molar-refractivity contribution in [3.8, 4) is 0 Å². The van der Waals surface area contributed by atoms with Crippen LogP contribution in [0.4, 0.5) is 0 Å². The standard InChI is InChI=1S/C18H17N3O3/c22-17(7-8-18(23)24)19-9-3-6-16-20-14-10-12-4-1-2-5-13(12)11-15(14)21-16/h1-2,4-5,7-8,10-11H,3,6,9H2,(H,19,22)(H,20,21)(H,23,24). The molecule has 2 aromatic carbocycles. The number of imidazole rings is 1. The van der Waals surface area contributed by atoms with Gasteiger partial charge in [0.2, 0.25) is 5.91 Å². The Morgan fingerprint density at radius 3 is 2.67 bits per heavy atom. The van der Waals surface area contributed by atoms with Gasteiger partial charge in [-0.1, -0.05) is 24.3 Å². The first-order chi connectivity index (χ1) is 11.6. The Morgan fingerprint density at radius 2 is 1.92 bits per heavy atom. The molecule has 0 spiro atoms. The fourth-order valence-corrected chi connectivity index (χ4v) is 2.54. The third kappa shape index (κ3) is 3.78. The number of carboxylic acids is 1. The Balaban J connectivity index is 1.59. The lowest BCUT2D eigenvalue weighted by molar-refractivity contribution is -0.131. The van der Waals surface area contributed by atoms with Crippen molar-refractivity contribution in [1.29, 1.82) is 0 Å². The molecule has 0 atom stereocenters. The predicted octanol–water partition coefficient (Wildman–Crippen LogP) is 2.41. The highest BCUT2D eigenvalue weighted by Gasteiger charge is 2.05. The molecular weight excluding hydrogens is 306 g/mol. The molecule has 0 radical (unpaired) electrons. The maximum Gasteiger partial charge on any atom is 0.328 e. The second-order valence-corrected chi connectivity index (χ2v) is 5.47. The first-order valence-electron chi connectivity index (χ1n) is 7.68. The lowest BCUT2D eigenvalue weighted by atomic mass is 10.1. The number of carboxylic acid groups (broad SMARTS) is 1. The highest BCUT2D eigenvalue weighted by molar-refractivity contribution is 5.95. The van der Waals surface area contributed by atoms with Crippen LogP contribution in [0.15, 0.2) is 48.6 Å². The van der Waals surface area contributed by atoms with Crippen molar-refractivity contribution in [1.82, 2.24) is 15.3 Å². The summed E-state index contributed by atoms with van der Waals surface area (Å²) in [6, 6.07) is 12.3. The lowest BCUT2D eigenvalue weighted by Crippen LogP contribution is -2.22. The summed E-state index contributed by atoms with van der Waals surface area (Å²) in [7, 11) is 0. The zero-order chi connectivity index (χ0) is 16.9. The van der Waals surface area contributed by atoms with Gasteiger partial charge in [0.25, 0.3) is 0 Å². The minimum atomic E-state index is -1.14. The summed E-state index contributed by atoms with van der Waals surface area (Å²) < 4.78 is 0. The van der Waals surface area contributed by atoms with Gasteiger partial charge in [0.15, 0.2) is 0 Å². The molecule has 1 aromatic heterocycles. The Bertz CT molecular complexity index is 875. The molecular formula is C18H17N3O3. The molecule has 0 aliphatic rings. The first kappa shape index (κ1) is 15.7. The third-order valence-electron chi connectivity index (χ3n) is 3.67. The predicted molar refractivity (Wildman–Crippen MR) is 91.7 cm³/mol. The molecule has 1 amide bonds. The first-order valence-corrected chi connectivity index (χ1v) is 7.68. The van der Waals surface area contributed by atoms with Gasteiger partial charge in [-0.2, -0.15) is 0 Å². The van der Waals surface area contributed by atoms with E-state index < -0.39 is 11.9 Å². The number of nitrogens with one attached hydrogen (secondary N) is 2. The fourth-order valence-electron chi connectivity index (χ4n) is 2.54. The minimum absolute atomic E-state index is 0.409. The molecule has 24 heavy (non-hydrogen) atoms. The average Bonchev–Trinajstić information content (AvgIpc) is 2.96. The van der Waals surface area contributed by atoms with Crippen molar-refractivity contribution in [3.05, 3.63) is 54.4 Å². The molecule has 6 nitrogen and oxygen atoms in total. The smallest absolute Gasteiger partial charge is 0.328 e. The number of carbonyl (C=O) groups excluding carboxylic acids is 1. The van der Waals surface area contributed by atoms with E-state index in [4.69, 9.17) is 5.11 Å². The highest BCUT2D eigenvalue weighted by Crippen LogP contribution is 2.21. The quantitative estimate of drug-likeness (QED) is 0.479.